The summed E-state index contributed by atoms with van der Waals surface area (Å²) in [6.07, 6.45) is 1.88. The maximum absolute atomic E-state index is 13.0. The molecule has 1 aliphatic carbocycles. The third kappa shape index (κ3) is 3.10. The summed E-state index contributed by atoms with van der Waals surface area (Å²) in [5.74, 6) is 0.624. The predicted octanol–water partition coefficient (Wildman–Crippen LogP) is 5.33. The Bertz CT molecular complexity index is 1240. The number of carbonyl (C=O) groups is 1. The number of carbonyl (C=O) groups excluding carboxylic acids is 1. The molecular formula is C21H20ClNO4S. The zero-order valence-corrected chi connectivity index (χ0v) is 17.4. The van der Waals surface area contributed by atoms with Gasteiger partial charge in [-0.1, -0.05) is 17.7 Å². The number of nitrogens with one attached hydrogen (secondary N) is 1. The Kier molecular flexibility index (Phi) is 4.51. The molecule has 0 aliphatic heterocycles. The normalized spacial score (nSPS) is 14.4. The fourth-order valence-electron chi connectivity index (χ4n) is 3.72. The van der Waals surface area contributed by atoms with Crippen LogP contribution >= 0.6 is 11.6 Å². The average Bonchev–Trinajstić information content (AvgIpc) is 2.98. The molecule has 1 aliphatic rings. The van der Waals surface area contributed by atoms with Gasteiger partial charge in [-0.3, -0.25) is 9.52 Å². The van der Waals surface area contributed by atoms with E-state index in [0.717, 1.165) is 17.5 Å². The summed E-state index contributed by atoms with van der Waals surface area (Å²) < 4.78 is 34.3. The number of aryl methyl sites for hydroxylation is 4. The van der Waals surface area contributed by atoms with E-state index in [9.17, 15) is 13.2 Å². The fraction of sp³-hybridized carbons (Fsp3) is 0.286. The van der Waals surface area contributed by atoms with Gasteiger partial charge in [0.15, 0.2) is 11.4 Å². The molecule has 4 rings (SSSR count). The van der Waals surface area contributed by atoms with Crippen LogP contribution < -0.4 is 4.72 Å². The van der Waals surface area contributed by atoms with Gasteiger partial charge in [0.05, 0.1) is 21.2 Å². The number of hydrogen-bond donors (Lipinski definition) is 1. The molecule has 0 fully saturated rings. The van der Waals surface area contributed by atoms with E-state index in [1.807, 2.05) is 19.9 Å². The van der Waals surface area contributed by atoms with Crippen molar-refractivity contribution in [3.63, 3.8) is 0 Å². The second-order valence-electron chi connectivity index (χ2n) is 7.32. The number of fused-ring (bicyclic) bond motifs is 3. The van der Waals surface area contributed by atoms with E-state index in [1.54, 1.807) is 19.1 Å². The molecule has 0 saturated heterocycles. The molecular weight excluding hydrogens is 398 g/mol. The SMILES string of the molecule is Cc1cc(C)c(S(=O)(=O)Nc2cc(Cl)c3oc4c(c3c2)C(=O)CCC4)cc1C. The highest BCUT2D eigenvalue weighted by atomic mass is 35.5. The van der Waals surface area contributed by atoms with Crippen molar-refractivity contribution in [3.8, 4) is 0 Å². The number of sulfonamides is 1. The van der Waals surface area contributed by atoms with E-state index < -0.39 is 10.0 Å². The standard InChI is InChI=1S/C21H20ClNO4S/c1-11-7-13(3)19(8-12(11)2)28(25,26)23-14-9-15-20-17(24)5-4-6-18(20)27-21(15)16(22)10-14/h7-10,23H,4-6H2,1-3H3. The minimum Gasteiger partial charge on any atom is -0.459 e. The predicted molar refractivity (Wildman–Crippen MR) is 110 cm³/mol. The van der Waals surface area contributed by atoms with Crippen LogP contribution in [-0.2, 0) is 16.4 Å². The highest BCUT2D eigenvalue weighted by Crippen LogP contribution is 2.38. The molecule has 2 aromatic carbocycles. The average molecular weight is 418 g/mol. The van der Waals surface area contributed by atoms with Crippen LogP contribution in [-0.4, -0.2) is 14.2 Å². The molecule has 0 amide bonds. The molecule has 3 aromatic rings. The molecule has 146 valence electrons. The second kappa shape index (κ2) is 6.64. The lowest BCUT2D eigenvalue weighted by molar-refractivity contribution is 0.0971. The van der Waals surface area contributed by atoms with Gasteiger partial charge in [-0.05, 0) is 62.1 Å². The van der Waals surface area contributed by atoms with Gasteiger partial charge in [0.1, 0.15) is 5.76 Å². The summed E-state index contributed by atoms with van der Waals surface area (Å²) in [6.45, 7) is 5.58. The summed E-state index contributed by atoms with van der Waals surface area (Å²) in [5.41, 5.74) is 3.84. The Morgan fingerprint density at radius 1 is 1.00 bits per heavy atom. The maximum atomic E-state index is 13.0. The quantitative estimate of drug-likeness (QED) is 0.624. The second-order valence-corrected chi connectivity index (χ2v) is 9.38. The summed E-state index contributed by atoms with van der Waals surface area (Å²) in [5, 5.41) is 0.830. The summed E-state index contributed by atoms with van der Waals surface area (Å²) in [4.78, 5) is 12.6. The summed E-state index contributed by atoms with van der Waals surface area (Å²) >= 11 is 6.34. The van der Waals surface area contributed by atoms with Gasteiger partial charge in [0.25, 0.3) is 10.0 Å². The van der Waals surface area contributed by atoms with Crippen molar-refractivity contribution in [2.45, 2.75) is 44.9 Å². The first kappa shape index (κ1) is 19.0. The number of Topliss-reactive ketones (excluding diaryl/α,β-unsaturated/α-hetero) is 1. The largest absolute Gasteiger partial charge is 0.459 e. The van der Waals surface area contributed by atoms with Crippen molar-refractivity contribution in [1.29, 1.82) is 0 Å². The Hall–Kier alpha value is -2.31. The number of hydrogen-bond acceptors (Lipinski definition) is 4. The highest BCUT2D eigenvalue weighted by Gasteiger charge is 2.27. The van der Waals surface area contributed by atoms with Crippen molar-refractivity contribution in [2.24, 2.45) is 0 Å². The molecule has 1 N–H and O–H groups in total. The first-order chi connectivity index (χ1) is 13.2. The van der Waals surface area contributed by atoms with Crippen LogP contribution in [0.5, 0.6) is 0 Å². The Morgan fingerprint density at radius 3 is 2.46 bits per heavy atom. The molecule has 0 atom stereocenters. The lowest BCUT2D eigenvalue weighted by Crippen LogP contribution is -2.15. The van der Waals surface area contributed by atoms with Crippen LogP contribution in [0.4, 0.5) is 5.69 Å². The van der Waals surface area contributed by atoms with Gasteiger partial charge in [-0.2, -0.15) is 0 Å². The molecule has 0 saturated carbocycles. The fourth-order valence-corrected chi connectivity index (χ4v) is 5.33. The zero-order chi connectivity index (χ0) is 20.2. The molecule has 7 heteroatoms. The van der Waals surface area contributed by atoms with Gasteiger partial charge in [0, 0.05) is 18.2 Å². The molecule has 1 heterocycles. The van der Waals surface area contributed by atoms with E-state index in [2.05, 4.69) is 4.72 Å². The van der Waals surface area contributed by atoms with E-state index >= 15 is 0 Å². The van der Waals surface area contributed by atoms with Gasteiger partial charge < -0.3 is 4.42 Å². The van der Waals surface area contributed by atoms with E-state index in [0.29, 0.717) is 46.4 Å². The monoisotopic (exact) mass is 417 g/mol. The van der Waals surface area contributed by atoms with Crippen molar-refractivity contribution in [3.05, 3.63) is 57.3 Å². The smallest absolute Gasteiger partial charge is 0.262 e. The number of furan rings is 1. The molecule has 0 unspecified atom stereocenters. The minimum absolute atomic E-state index is 0.000998. The van der Waals surface area contributed by atoms with Crippen molar-refractivity contribution >= 4 is 44.1 Å². The van der Waals surface area contributed by atoms with Crippen molar-refractivity contribution in [2.75, 3.05) is 4.72 Å². The van der Waals surface area contributed by atoms with Crippen LogP contribution in [0.2, 0.25) is 5.02 Å². The zero-order valence-electron chi connectivity index (χ0n) is 15.8. The molecule has 28 heavy (non-hydrogen) atoms. The van der Waals surface area contributed by atoms with Crippen LogP contribution in [0.3, 0.4) is 0 Å². The lowest BCUT2D eigenvalue weighted by Gasteiger charge is -2.13. The van der Waals surface area contributed by atoms with E-state index in [-0.39, 0.29) is 15.7 Å². The number of benzene rings is 2. The third-order valence-electron chi connectivity index (χ3n) is 5.24. The summed E-state index contributed by atoms with van der Waals surface area (Å²) in [6, 6.07) is 6.65. The molecule has 1 aromatic heterocycles. The van der Waals surface area contributed by atoms with Gasteiger partial charge in [0.2, 0.25) is 0 Å². The van der Waals surface area contributed by atoms with Crippen LogP contribution in [0.1, 0.15) is 45.7 Å². The lowest BCUT2D eigenvalue weighted by atomic mass is 9.94. The van der Waals surface area contributed by atoms with Gasteiger partial charge >= 0.3 is 0 Å². The van der Waals surface area contributed by atoms with Crippen LogP contribution in [0, 0.1) is 20.8 Å². The van der Waals surface area contributed by atoms with E-state index in [4.69, 9.17) is 16.0 Å². The first-order valence-electron chi connectivity index (χ1n) is 9.06. The first-order valence-corrected chi connectivity index (χ1v) is 10.9. The van der Waals surface area contributed by atoms with Crippen molar-refractivity contribution in [1.82, 2.24) is 0 Å². The Labute approximate surface area is 168 Å². The summed E-state index contributed by atoms with van der Waals surface area (Å²) in [7, 11) is -3.81. The molecule has 0 bridgehead atoms. The Balaban J connectivity index is 1.81. The van der Waals surface area contributed by atoms with Crippen LogP contribution in [0.25, 0.3) is 11.0 Å². The number of anilines is 1. The topological polar surface area (TPSA) is 76.4 Å². The minimum atomic E-state index is -3.81. The molecule has 5 nitrogen and oxygen atoms in total. The Morgan fingerprint density at radius 2 is 1.71 bits per heavy atom. The highest BCUT2D eigenvalue weighted by molar-refractivity contribution is 7.92. The van der Waals surface area contributed by atoms with Gasteiger partial charge in [-0.15, -0.1) is 0 Å². The third-order valence-corrected chi connectivity index (χ3v) is 7.04. The van der Waals surface area contributed by atoms with Crippen molar-refractivity contribution < 1.29 is 17.6 Å². The molecule has 0 radical (unpaired) electrons. The van der Waals surface area contributed by atoms with E-state index in [1.165, 1.54) is 6.07 Å². The number of halogens is 1. The number of ketones is 1. The van der Waals surface area contributed by atoms with Gasteiger partial charge in [-0.25, -0.2) is 8.42 Å². The van der Waals surface area contributed by atoms with Crippen LogP contribution in [0.15, 0.2) is 33.6 Å². The number of rotatable bonds is 3. The maximum Gasteiger partial charge on any atom is 0.262 e. The molecule has 0 spiro atoms.